The van der Waals surface area contributed by atoms with Gasteiger partial charge in [-0.1, -0.05) is 32.4 Å². The maximum Gasteiger partial charge on any atom is 0.508 e. The summed E-state index contributed by atoms with van der Waals surface area (Å²) in [6.07, 6.45) is 2.41. The van der Waals surface area contributed by atoms with Crippen molar-refractivity contribution in [3.8, 4) is 0 Å². The minimum Gasteiger partial charge on any atom is -0.432 e. The second-order valence-corrected chi connectivity index (χ2v) is 6.00. The van der Waals surface area contributed by atoms with Crippen molar-refractivity contribution in [2.45, 2.75) is 59.1 Å². The summed E-state index contributed by atoms with van der Waals surface area (Å²) in [4.78, 5) is 21.8. The van der Waals surface area contributed by atoms with E-state index in [-0.39, 0.29) is 12.7 Å². The van der Waals surface area contributed by atoms with Gasteiger partial charge in [0.25, 0.3) is 0 Å². The predicted octanol–water partition coefficient (Wildman–Crippen LogP) is 3.76. The average Bonchev–Trinajstić information content (AvgIpc) is 2.35. The van der Waals surface area contributed by atoms with Crippen LogP contribution in [0.15, 0.2) is 5.18 Å². The van der Waals surface area contributed by atoms with Crippen molar-refractivity contribution >= 4 is 6.16 Å². The number of carbonyl (C=O) groups is 1. The number of nitroso groups, excluding NO2 is 1. The maximum atomic E-state index is 11.6. The van der Waals surface area contributed by atoms with Gasteiger partial charge in [-0.2, -0.15) is 4.91 Å². The van der Waals surface area contributed by atoms with E-state index in [1.54, 1.807) is 6.92 Å². The van der Waals surface area contributed by atoms with Gasteiger partial charge in [-0.3, -0.25) is 0 Å². The van der Waals surface area contributed by atoms with E-state index in [9.17, 15) is 9.70 Å². The third-order valence-corrected chi connectivity index (χ3v) is 3.83. The Morgan fingerprint density at radius 1 is 1.32 bits per heavy atom. The molecule has 4 atom stereocenters. The van der Waals surface area contributed by atoms with Gasteiger partial charge in [-0.15, -0.1) is 0 Å². The molecule has 1 aliphatic rings. The Morgan fingerprint density at radius 3 is 2.58 bits per heavy atom. The maximum absolute atomic E-state index is 11.6. The molecule has 19 heavy (non-hydrogen) atoms. The fourth-order valence-corrected chi connectivity index (χ4v) is 2.63. The predicted molar refractivity (Wildman–Crippen MR) is 72.8 cm³/mol. The number of rotatable bonds is 5. The van der Waals surface area contributed by atoms with E-state index < -0.39 is 12.2 Å². The summed E-state index contributed by atoms with van der Waals surface area (Å²) in [7, 11) is 0. The Morgan fingerprint density at radius 2 is 2.00 bits per heavy atom. The highest BCUT2D eigenvalue weighted by Gasteiger charge is 2.33. The molecule has 0 N–H and O–H groups in total. The highest BCUT2D eigenvalue weighted by Crippen LogP contribution is 2.35. The number of ether oxygens (including phenoxy) is 2. The first-order valence-electron chi connectivity index (χ1n) is 7.09. The lowest BCUT2D eigenvalue weighted by atomic mass is 9.75. The molecular formula is C14H25NO4. The van der Waals surface area contributed by atoms with Gasteiger partial charge in [0.2, 0.25) is 0 Å². The molecule has 5 nitrogen and oxygen atoms in total. The molecule has 1 rings (SSSR count). The van der Waals surface area contributed by atoms with Crippen LogP contribution >= 0.6 is 0 Å². The van der Waals surface area contributed by atoms with Gasteiger partial charge >= 0.3 is 6.16 Å². The van der Waals surface area contributed by atoms with Crippen LogP contribution in [0.5, 0.6) is 0 Å². The molecule has 0 aromatic carbocycles. The SMILES string of the molecule is CC1CCC(C(C)C)C(OC(=O)OCC(C)N=O)C1. The summed E-state index contributed by atoms with van der Waals surface area (Å²) in [6.45, 7) is 8.06. The number of hydrogen-bond donors (Lipinski definition) is 0. The van der Waals surface area contributed by atoms with Gasteiger partial charge in [0.1, 0.15) is 18.8 Å². The van der Waals surface area contributed by atoms with E-state index in [1.165, 1.54) is 6.42 Å². The quantitative estimate of drug-likeness (QED) is 0.564. The smallest absolute Gasteiger partial charge is 0.432 e. The minimum absolute atomic E-state index is 0.0169. The van der Waals surface area contributed by atoms with E-state index in [1.807, 2.05) is 0 Å². The van der Waals surface area contributed by atoms with Gasteiger partial charge in [0.05, 0.1) is 0 Å². The Balaban J connectivity index is 2.46. The standard InChI is InChI=1S/C14H25NO4/c1-9(2)12-6-5-10(3)7-13(12)19-14(16)18-8-11(4)15-17/h9-13H,5-8H2,1-4H3. The molecule has 0 amide bonds. The van der Waals surface area contributed by atoms with Gasteiger partial charge < -0.3 is 9.47 Å². The van der Waals surface area contributed by atoms with Crippen LogP contribution in [-0.2, 0) is 9.47 Å². The van der Waals surface area contributed by atoms with Gasteiger partial charge in [-0.05, 0) is 37.5 Å². The summed E-state index contributed by atoms with van der Waals surface area (Å²) in [6, 6.07) is -0.529. The van der Waals surface area contributed by atoms with Crippen molar-refractivity contribution < 1.29 is 14.3 Å². The summed E-state index contributed by atoms with van der Waals surface area (Å²) in [5.41, 5.74) is 0. The van der Waals surface area contributed by atoms with Crippen LogP contribution in [0.25, 0.3) is 0 Å². The topological polar surface area (TPSA) is 65.0 Å². The zero-order valence-electron chi connectivity index (χ0n) is 12.3. The van der Waals surface area contributed by atoms with E-state index in [0.29, 0.717) is 17.8 Å². The first-order valence-corrected chi connectivity index (χ1v) is 7.09. The lowest BCUT2D eigenvalue weighted by Crippen LogP contribution is -2.36. The highest BCUT2D eigenvalue weighted by molar-refractivity contribution is 5.60. The van der Waals surface area contributed by atoms with Crippen molar-refractivity contribution in [1.82, 2.24) is 0 Å². The molecule has 0 aromatic rings. The second-order valence-electron chi connectivity index (χ2n) is 6.00. The summed E-state index contributed by atoms with van der Waals surface area (Å²) < 4.78 is 10.3. The first kappa shape index (κ1) is 15.9. The Hall–Kier alpha value is -1.13. The second kappa shape index (κ2) is 7.46. The molecule has 5 heteroatoms. The van der Waals surface area contributed by atoms with Crippen molar-refractivity contribution in [2.75, 3.05) is 6.61 Å². The highest BCUT2D eigenvalue weighted by atomic mass is 16.7. The van der Waals surface area contributed by atoms with Crippen LogP contribution in [0, 0.1) is 22.7 Å². The first-order chi connectivity index (χ1) is 8.93. The number of nitrogens with zero attached hydrogens (tertiary/aromatic N) is 1. The molecule has 1 saturated carbocycles. The minimum atomic E-state index is -0.680. The lowest BCUT2D eigenvalue weighted by Gasteiger charge is -2.36. The third kappa shape index (κ3) is 5.17. The fourth-order valence-electron chi connectivity index (χ4n) is 2.63. The number of hydrogen-bond acceptors (Lipinski definition) is 5. The van der Waals surface area contributed by atoms with E-state index in [2.05, 4.69) is 25.9 Å². The Bertz CT molecular complexity index is 306. The fraction of sp³-hybridized carbons (Fsp3) is 0.929. The normalized spacial score (nSPS) is 28.8. The van der Waals surface area contributed by atoms with Crippen LogP contribution in [0.1, 0.15) is 47.0 Å². The number of carbonyl (C=O) groups excluding carboxylic acids is 1. The monoisotopic (exact) mass is 271 g/mol. The van der Waals surface area contributed by atoms with Gasteiger partial charge in [-0.25, -0.2) is 4.79 Å². The van der Waals surface area contributed by atoms with Crippen LogP contribution in [0.2, 0.25) is 0 Å². The molecule has 0 saturated heterocycles. The molecule has 1 aliphatic carbocycles. The Labute approximate surface area is 115 Å². The molecule has 0 aromatic heterocycles. The largest absolute Gasteiger partial charge is 0.508 e. The molecule has 0 spiro atoms. The zero-order valence-corrected chi connectivity index (χ0v) is 12.3. The van der Waals surface area contributed by atoms with Crippen LogP contribution in [-0.4, -0.2) is 24.9 Å². The molecule has 110 valence electrons. The van der Waals surface area contributed by atoms with Crippen LogP contribution in [0.3, 0.4) is 0 Å². The average molecular weight is 271 g/mol. The molecule has 0 heterocycles. The van der Waals surface area contributed by atoms with Crippen molar-refractivity contribution in [1.29, 1.82) is 0 Å². The lowest BCUT2D eigenvalue weighted by molar-refractivity contribution is -0.0327. The third-order valence-electron chi connectivity index (χ3n) is 3.83. The van der Waals surface area contributed by atoms with Crippen molar-refractivity contribution in [2.24, 2.45) is 22.9 Å². The molecular weight excluding hydrogens is 246 g/mol. The van der Waals surface area contributed by atoms with E-state index >= 15 is 0 Å². The van der Waals surface area contributed by atoms with Crippen LogP contribution < -0.4 is 0 Å². The summed E-state index contributed by atoms with van der Waals surface area (Å²) in [5.74, 6) is 1.45. The molecule has 0 aliphatic heterocycles. The zero-order chi connectivity index (χ0) is 14.4. The molecule has 0 radical (unpaired) electrons. The summed E-state index contributed by atoms with van der Waals surface area (Å²) >= 11 is 0. The molecule has 4 unspecified atom stereocenters. The van der Waals surface area contributed by atoms with Crippen LogP contribution in [0.4, 0.5) is 4.79 Å². The van der Waals surface area contributed by atoms with Gasteiger partial charge in [0.15, 0.2) is 0 Å². The van der Waals surface area contributed by atoms with E-state index in [4.69, 9.17) is 9.47 Å². The summed E-state index contributed by atoms with van der Waals surface area (Å²) in [5, 5.41) is 2.78. The Kier molecular flexibility index (Phi) is 6.25. The molecule has 0 bridgehead atoms. The molecule has 1 fully saturated rings. The van der Waals surface area contributed by atoms with Crippen molar-refractivity contribution in [3.63, 3.8) is 0 Å². The van der Waals surface area contributed by atoms with E-state index in [0.717, 1.165) is 12.8 Å². The van der Waals surface area contributed by atoms with Crippen molar-refractivity contribution in [3.05, 3.63) is 4.91 Å². The van der Waals surface area contributed by atoms with Gasteiger partial charge in [0, 0.05) is 0 Å².